The molecule has 4 rings (SSSR count). The van der Waals surface area contributed by atoms with Crippen LogP contribution in [0.15, 0.2) is 30.5 Å². The van der Waals surface area contributed by atoms with E-state index in [1.54, 1.807) is 0 Å². The first-order valence-corrected chi connectivity index (χ1v) is 11.6. The minimum atomic E-state index is -0.967. The zero-order valence-corrected chi connectivity index (χ0v) is 19.9. The number of benzene rings is 1. The number of ether oxygens (including phenoxy) is 1. The second-order valence-electron chi connectivity index (χ2n) is 10.3. The fraction of sp³-hybridized carbons (Fsp3) is 0.481. The summed E-state index contributed by atoms with van der Waals surface area (Å²) in [5.41, 5.74) is 3.37. The molecule has 1 aliphatic carbocycles. The Balaban J connectivity index is 1.71. The van der Waals surface area contributed by atoms with E-state index in [0.717, 1.165) is 30.4 Å². The lowest BCUT2D eigenvalue weighted by Gasteiger charge is -2.40. The van der Waals surface area contributed by atoms with Crippen molar-refractivity contribution in [2.45, 2.75) is 77.6 Å². The molecule has 3 N–H and O–H groups in total. The quantitative estimate of drug-likeness (QED) is 0.575. The maximum absolute atomic E-state index is 12.9. The van der Waals surface area contributed by atoms with Crippen LogP contribution < -0.4 is 5.32 Å². The number of nitrogens with zero attached hydrogens (tertiary/aromatic N) is 1. The Hall–Kier alpha value is -2.88. The average Bonchev–Trinajstić information content (AvgIpc) is 3.23. The highest BCUT2D eigenvalue weighted by molar-refractivity contribution is 6.03. The van der Waals surface area contributed by atoms with Crippen molar-refractivity contribution in [1.82, 2.24) is 9.97 Å². The van der Waals surface area contributed by atoms with Gasteiger partial charge in [-0.15, -0.1) is 6.42 Å². The van der Waals surface area contributed by atoms with E-state index in [4.69, 9.17) is 11.2 Å². The minimum absolute atomic E-state index is 0.0272. The van der Waals surface area contributed by atoms with Gasteiger partial charge in [-0.1, -0.05) is 26.0 Å². The van der Waals surface area contributed by atoms with Crippen LogP contribution in [0.3, 0.4) is 0 Å². The number of carbonyl (C=O) groups is 1. The first-order valence-electron chi connectivity index (χ1n) is 11.6. The van der Waals surface area contributed by atoms with Gasteiger partial charge in [-0.05, 0) is 67.7 Å². The van der Waals surface area contributed by atoms with Gasteiger partial charge in [0.2, 0.25) is 0 Å². The predicted molar refractivity (Wildman–Crippen MR) is 130 cm³/mol. The summed E-state index contributed by atoms with van der Waals surface area (Å²) in [6, 6.07) is 5.84. The number of aromatic amines is 1. The number of imidazole rings is 1. The first-order chi connectivity index (χ1) is 15.6. The Morgan fingerprint density at radius 3 is 2.64 bits per heavy atom. The van der Waals surface area contributed by atoms with Gasteiger partial charge in [0, 0.05) is 30.3 Å². The molecule has 0 bridgehead atoms. The van der Waals surface area contributed by atoms with Gasteiger partial charge in [0.05, 0.1) is 17.8 Å². The molecule has 3 atom stereocenters. The summed E-state index contributed by atoms with van der Waals surface area (Å²) in [4.78, 5) is 19.8. The molecule has 0 spiro atoms. The lowest BCUT2D eigenvalue weighted by Crippen LogP contribution is -2.41. The highest BCUT2D eigenvalue weighted by atomic mass is 16.5. The highest BCUT2D eigenvalue weighted by Gasteiger charge is 2.39. The molecule has 1 saturated heterocycles. The van der Waals surface area contributed by atoms with Crippen molar-refractivity contribution in [2.75, 3.05) is 5.32 Å². The van der Waals surface area contributed by atoms with Gasteiger partial charge < -0.3 is 20.1 Å². The molecular formula is C27H33N3O3. The van der Waals surface area contributed by atoms with Crippen molar-refractivity contribution in [1.29, 1.82) is 0 Å². The third-order valence-electron chi connectivity index (χ3n) is 6.78. The van der Waals surface area contributed by atoms with Crippen molar-refractivity contribution < 1.29 is 14.6 Å². The van der Waals surface area contributed by atoms with E-state index in [2.05, 4.69) is 41.1 Å². The summed E-state index contributed by atoms with van der Waals surface area (Å²) in [5.74, 6) is 2.24. The van der Waals surface area contributed by atoms with Gasteiger partial charge >= 0.3 is 0 Å². The molecule has 0 unspecified atom stereocenters. The topological polar surface area (TPSA) is 87.2 Å². The molecule has 0 radical (unpaired) electrons. The van der Waals surface area contributed by atoms with E-state index in [9.17, 15) is 9.90 Å². The van der Waals surface area contributed by atoms with Crippen molar-refractivity contribution in [3.63, 3.8) is 0 Å². The molecule has 2 aromatic rings. The second-order valence-corrected chi connectivity index (χ2v) is 10.3. The third-order valence-corrected chi connectivity index (χ3v) is 6.78. The van der Waals surface area contributed by atoms with Gasteiger partial charge in [0.25, 0.3) is 5.91 Å². The molecule has 6 nitrogen and oxygen atoms in total. The number of anilines is 1. The number of carbonyl (C=O) groups excluding carboxylic acids is 1. The number of aromatic nitrogens is 2. The number of hydrogen-bond donors (Lipinski definition) is 3. The van der Waals surface area contributed by atoms with Crippen LogP contribution in [0.1, 0.15) is 87.2 Å². The Labute approximate surface area is 195 Å². The van der Waals surface area contributed by atoms with Crippen molar-refractivity contribution >= 4 is 17.2 Å². The van der Waals surface area contributed by atoms with Crippen molar-refractivity contribution in [2.24, 2.45) is 5.41 Å². The number of terminal acetylenes is 1. The van der Waals surface area contributed by atoms with Crippen LogP contribution in [-0.4, -0.2) is 33.2 Å². The molecule has 1 aromatic carbocycles. The maximum Gasteiger partial charge on any atom is 0.291 e. The van der Waals surface area contributed by atoms with E-state index in [-0.39, 0.29) is 29.4 Å². The lowest BCUT2D eigenvalue weighted by atomic mass is 9.75. The van der Waals surface area contributed by atoms with Gasteiger partial charge in [-0.25, -0.2) is 4.98 Å². The second kappa shape index (κ2) is 8.81. The largest absolute Gasteiger partial charge is 0.385 e. The zero-order chi connectivity index (χ0) is 23.8. The van der Waals surface area contributed by atoms with Gasteiger partial charge in [0.15, 0.2) is 5.82 Å². The fourth-order valence-electron chi connectivity index (χ4n) is 4.99. The zero-order valence-electron chi connectivity index (χ0n) is 19.9. The lowest BCUT2D eigenvalue weighted by molar-refractivity contribution is -0.135. The molecule has 33 heavy (non-hydrogen) atoms. The van der Waals surface area contributed by atoms with Crippen LogP contribution in [-0.2, 0) is 10.3 Å². The molecule has 2 aliphatic rings. The highest BCUT2D eigenvalue weighted by Crippen LogP contribution is 2.43. The molecule has 2 heterocycles. The van der Waals surface area contributed by atoms with Gasteiger partial charge in [-0.2, -0.15) is 0 Å². The number of aliphatic hydroxyl groups is 1. The van der Waals surface area contributed by atoms with E-state index in [0.29, 0.717) is 24.2 Å². The van der Waals surface area contributed by atoms with Crippen LogP contribution in [0.4, 0.5) is 5.69 Å². The van der Waals surface area contributed by atoms with E-state index < -0.39 is 5.60 Å². The standard InChI is InChI=1S/C27H33N3O3/c1-6-21-16-28-24(29-21)25(31)30-23-8-7-20(27(32)14-17(2)33-18(3)15-27)13-22(23)19-9-11-26(4,5)12-10-19/h1,7-9,13,16-18,32H,10-12,14-15H2,2-5H3,(H,28,29)(H,30,31)/t17-,18+,27-. The number of hydrogen-bond acceptors (Lipinski definition) is 4. The van der Waals surface area contributed by atoms with Crippen LogP contribution in [0.5, 0.6) is 0 Å². The van der Waals surface area contributed by atoms with E-state index >= 15 is 0 Å². The SMILES string of the molecule is C#Cc1c[nH]c(C(=O)Nc2ccc([C@@]3(O)C[C@@H](C)O[C@@H](C)C3)cc2C2=CCC(C)(C)CC2)n1. The Morgan fingerprint density at radius 2 is 2.03 bits per heavy atom. The summed E-state index contributed by atoms with van der Waals surface area (Å²) in [7, 11) is 0. The third kappa shape index (κ3) is 5.05. The normalized spacial score (nSPS) is 26.8. The molecular weight excluding hydrogens is 414 g/mol. The molecule has 1 fully saturated rings. The van der Waals surface area contributed by atoms with E-state index in [1.165, 1.54) is 11.8 Å². The van der Waals surface area contributed by atoms with Crippen LogP contribution >= 0.6 is 0 Å². The summed E-state index contributed by atoms with van der Waals surface area (Å²) < 4.78 is 5.86. The van der Waals surface area contributed by atoms with Crippen molar-refractivity contribution in [3.8, 4) is 12.3 Å². The Bertz CT molecular complexity index is 1110. The maximum atomic E-state index is 12.9. The number of H-pyrrole nitrogens is 1. The molecule has 174 valence electrons. The molecule has 1 aromatic heterocycles. The summed E-state index contributed by atoms with van der Waals surface area (Å²) in [6.07, 6.45) is 13.1. The minimum Gasteiger partial charge on any atom is -0.385 e. The molecule has 1 aliphatic heterocycles. The van der Waals surface area contributed by atoms with Crippen molar-refractivity contribution in [3.05, 3.63) is 53.1 Å². The Kier molecular flexibility index (Phi) is 6.22. The smallest absolute Gasteiger partial charge is 0.291 e. The fourth-order valence-corrected chi connectivity index (χ4v) is 4.99. The molecule has 0 saturated carbocycles. The van der Waals surface area contributed by atoms with Gasteiger partial charge in [-0.3, -0.25) is 4.79 Å². The monoisotopic (exact) mass is 447 g/mol. The number of allylic oxidation sites excluding steroid dienone is 2. The number of nitrogens with one attached hydrogen (secondary N) is 2. The predicted octanol–water partition coefficient (Wildman–Crippen LogP) is 5.01. The average molecular weight is 448 g/mol. The van der Waals surface area contributed by atoms with Crippen LogP contribution in [0.25, 0.3) is 5.57 Å². The molecule has 1 amide bonds. The summed E-state index contributed by atoms with van der Waals surface area (Å²) in [6.45, 7) is 8.53. The first kappa shape index (κ1) is 23.3. The summed E-state index contributed by atoms with van der Waals surface area (Å²) in [5, 5.41) is 14.5. The van der Waals surface area contributed by atoms with Crippen LogP contribution in [0, 0.1) is 17.8 Å². The van der Waals surface area contributed by atoms with E-state index in [1.807, 2.05) is 32.0 Å². The Morgan fingerprint density at radius 1 is 1.30 bits per heavy atom. The van der Waals surface area contributed by atoms with Gasteiger partial charge in [0.1, 0.15) is 5.69 Å². The number of amides is 1. The summed E-state index contributed by atoms with van der Waals surface area (Å²) >= 11 is 0. The molecule has 6 heteroatoms. The number of rotatable bonds is 4. The van der Waals surface area contributed by atoms with Crippen LogP contribution in [0.2, 0.25) is 0 Å².